The Morgan fingerprint density at radius 2 is 2.05 bits per heavy atom. The van der Waals surface area contributed by atoms with Crippen molar-refractivity contribution in [3.05, 3.63) is 48.0 Å². The van der Waals surface area contributed by atoms with Crippen LogP contribution in [0.1, 0.15) is 37.8 Å². The molecule has 1 saturated carbocycles. The second-order valence-electron chi connectivity index (χ2n) is 6.19. The first-order valence-electron chi connectivity index (χ1n) is 7.61. The molecule has 3 heteroatoms. The highest BCUT2D eigenvalue weighted by Gasteiger charge is 2.54. The molecular weight excluding hydrogens is 260 g/mol. The van der Waals surface area contributed by atoms with E-state index in [1.54, 1.807) is 4.90 Å². The summed E-state index contributed by atoms with van der Waals surface area (Å²) in [4.78, 5) is 19.4. The molecule has 2 atom stereocenters. The van der Waals surface area contributed by atoms with Gasteiger partial charge < -0.3 is 4.90 Å². The van der Waals surface area contributed by atoms with Gasteiger partial charge in [0.15, 0.2) is 0 Å². The molecule has 0 radical (unpaired) electrons. The Morgan fingerprint density at radius 3 is 2.67 bits per heavy atom. The highest BCUT2D eigenvalue weighted by molar-refractivity contribution is 6.14. The van der Waals surface area contributed by atoms with Crippen LogP contribution in [0.5, 0.6) is 0 Å². The van der Waals surface area contributed by atoms with Gasteiger partial charge in [0.1, 0.15) is 5.41 Å². The average Bonchev–Trinajstić information content (AvgIpc) is 2.99. The molecule has 1 aliphatic carbocycles. The quantitative estimate of drug-likeness (QED) is 0.765. The number of carbonyl (C=O) groups excluding carboxylic acids is 1. The fourth-order valence-corrected chi connectivity index (χ4v) is 3.67. The van der Waals surface area contributed by atoms with Crippen molar-refractivity contribution in [1.29, 1.82) is 0 Å². The lowest BCUT2D eigenvalue weighted by Crippen LogP contribution is -2.36. The Kier molecular flexibility index (Phi) is 3.44. The Labute approximate surface area is 126 Å². The van der Waals surface area contributed by atoms with Crippen LogP contribution < -0.4 is 0 Å². The molecule has 0 bridgehead atoms. The van der Waals surface area contributed by atoms with Crippen LogP contribution in [0, 0.1) is 5.41 Å². The summed E-state index contributed by atoms with van der Waals surface area (Å²) in [6, 6.07) is 10.3. The van der Waals surface area contributed by atoms with Crippen molar-refractivity contribution in [3.8, 4) is 0 Å². The van der Waals surface area contributed by atoms with Crippen molar-refractivity contribution in [2.24, 2.45) is 10.4 Å². The van der Waals surface area contributed by atoms with Gasteiger partial charge in [-0.2, -0.15) is 0 Å². The maximum absolute atomic E-state index is 12.7. The van der Waals surface area contributed by atoms with E-state index in [0.29, 0.717) is 6.54 Å². The summed E-state index contributed by atoms with van der Waals surface area (Å²) in [5.74, 6) is 0.184. The standard InChI is InChI=1S/C18H22N2O/c1-13-12-20(3)17(21)18(13)11-7-10-16(18)19-14(2)15-8-5-4-6-9-15/h4-6,8-9,14H,1,7,10-12H2,2-3H3/t14-,18-/m0/s1. The molecule has 2 fully saturated rings. The number of hydrogen-bond donors (Lipinski definition) is 0. The van der Waals surface area contributed by atoms with Crippen molar-refractivity contribution < 1.29 is 4.79 Å². The molecule has 3 rings (SSSR count). The predicted molar refractivity (Wildman–Crippen MR) is 85.4 cm³/mol. The minimum atomic E-state index is -0.502. The predicted octanol–water partition coefficient (Wildman–Crippen LogP) is 3.39. The van der Waals surface area contributed by atoms with Crippen LogP contribution in [-0.2, 0) is 4.79 Å². The van der Waals surface area contributed by atoms with Crippen molar-refractivity contribution in [1.82, 2.24) is 4.90 Å². The van der Waals surface area contributed by atoms with Gasteiger partial charge in [-0.15, -0.1) is 0 Å². The van der Waals surface area contributed by atoms with Crippen LogP contribution in [0.4, 0.5) is 0 Å². The topological polar surface area (TPSA) is 32.7 Å². The van der Waals surface area contributed by atoms with E-state index in [0.717, 1.165) is 30.5 Å². The second-order valence-corrected chi connectivity index (χ2v) is 6.19. The van der Waals surface area contributed by atoms with Crippen LogP contribution in [-0.4, -0.2) is 30.1 Å². The third-order valence-corrected chi connectivity index (χ3v) is 4.83. The Morgan fingerprint density at radius 1 is 1.33 bits per heavy atom. The molecule has 1 aromatic carbocycles. The van der Waals surface area contributed by atoms with E-state index in [-0.39, 0.29) is 11.9 Å². The van der Waals surface area contributed by atoms with Crippen molar-refractivity contribution >= 4 is 11.6 Å². The smallest absolute Gasteiger partial charge is 0.238 e. The van der Waals surface area contributed by atoms with Crippen molar-refractivity contribution in [2.75, 3.05) is 13.6 Å². The fraction of sp³-hybridized carbons (Fsp3) is 0.444. The van der Waals surface area contributed by atoms with Crippen LogP contribution in [0.25, 0.3) is 0 Å². The largest absolute Gasteiger partial charge is 0.341 e. The Balaban J connectivity index is 1.96. The third kappa shape index (κ3) is 2.11. The minimum Gasteiger partial charge on any atom is -0.341 e. The molecule has 1 aliphatic heterocycles. The van der Waals surface area contributed by atoms with Gasteiger partial charge in [-0.05, 0) is 37.3 Å². The molecule has 1 saturated heterocycles. The van der Waals surface area contributed by atoms with Gasteiger partial charge in [0.05, 0.1) is 6.04 Å². The summed E-state index contributed by atoms with van der Waals surface area (Å²) in [5.41, 5.74) is 2.75. The number of amides is 1. The SMILES string of the molecule is C=C1CN(C)C(=O)[C@@]12CCCC2=N[C@@H](C)c1ccccc1. The number of rotatable bonds is 2. The first kappa shape index (κ1) is 14.1. The molecule has 0 unspecified atom stereocenters. The zero-order valence-electron chi connectivity index (χ0n) is 12.8. The molecule has 1 heterocycles. The summed E-state index contributed by atoms with van der Waals surface area (Å²) in [6.45, 7) is 6.94. The van der Waals surface area contributed by atoms with Crippen LogP contribution >= 0.6 is 0 Å². The van der Waals surface area contributed by atoms with E-state index in [1.807, 2.05) is 25.2 Å². The average molecular weight is 282 g/mol. The molecule has 3 nitrogen and oxygen atoms in total. The third-order valence-electron chi connectivity index (χ3n) is 4.83. The number of aliphatic imine (C=N–C) groups is 1. The molecule has 0 N–H and O–H groups in total. The molecule has 1 aromatic rings. The first-order valence-corrected chi connectivity index (χ1v) is 7.61. The van der Waals surface area contributed by atoms with Gasteiger partial charge in [0.25, 0.3) is 0 Å². The Hall–Kier alpha value is -1.90. The van der Waals surface area contributed by atoms with E-state index in [9.17, 15) is 4.79 Å². The lowest BCUT2D eigenvalue weighted by molar-refractivity contribution is -0.131. The van der Waals surface area contributed by atoms with Gasteiger partial charge in [-0.1, -0.05) is 36.9 Å². The number of hydrogen-bond acceptors (Lipinski definition) is 2. The fourth-order valence-electron chi connectivity index (χ4n) is 3.67. The molecule has 1 spiro atoms. The summed E-state index contributed by atoms with van der Waals surface area (Å²) in [7, 11) is 1.86. The number of benzene rings is 1. The van der Waals surface area contributed by atoms with Gasteiger partial charge in [-0.3, -0.25) is 9.79 Å². The molecule has 1 amide bonds. The van der Waals surface area contributed by atoms with E-state index in [2.05, 4.69) is 25.6 Å². The van der Waals surface area contributed by atoms with Crippen molar-refractivity contribution in [3.63, 3.8) is 0 Å². The van der Waals surface area contributed by atoms with Crippen LogP contribution in [0.3, 0.4) is 0 Å². The van der Waals surface area contributed by atoms with E-state index >= 15 is 0 Å². The lowest BCUT2D eigenvalue weighted by atomic mass is 9.79. The number of nitrogens with zero attached hydrogens (tertiary/aromatic N) is 2. The van der Waals surface area contributed by atoms with Gasteiger partial charge in [0.2, 0.25) is 5.91 Å². The second kappa shape index (κ2) is 5.14. The van der Waals surface area contributed by atoms with E-state index in [1.165, 1.54) is 5.56 Å². The highest BCUT2D eigenvalue weighted by Crippen LogP contribution is 2.47. The monoisotopic (exact) mass is 282 g/mol. The van der Waals surface area contributed by atoms with Gasteiger partial charge in [-0.25, -0.2) is 0 Å². The molecule has 21 heavy (non-hydrogen) atoms. The number of carbonyl (C=O) groups is 1. The maximum atomic E-state index is 12.7. The van der Waals surface area contributed by atoms with E-state index < -0.39 is 5.41 Å². The zero-order chi connectivity index (χ0) is 15.0. The van der Waals surface area contributed by atoms with Crippen LogP contribution in [0.2, 0.25) is 0 Å². The molecule has 110 valence electrons. The number of likely N-dealkylation sites (tertiary alicyclic amines) is 1. The minimum absolute atomic E-state index is 0.0858. The van der Waals surface area contributed by atoms with Crippen molar-refractivity contribution in [2.45, 2.75) is 32.2 Å². The maximum Gasteiger partial charge on any atom is 0.238 e. The summed E-state index contributed by atoms with van der Waals surface area (Å²) in [6.07, 6.45) is 2.81. The van der Waals surface area contributed by atoms with E-state index in [4.69, 9.17) is 4.99 Å². The van der Waals surface area contributed by atoms with Gasteiger partial charge in [0, 0.05) is 19.3 Å². The molecular formula is C18H22N2O. The summed E-state index contributed by atoms with van der Waals surface area (Å²) in [5, 5.41) is 0. The molecule has 2 aliphatic rings. The summed E-state index contributed by atoms with van der Waals surface area (Å²) < 4.78 is 0. The number of likely N-dealkylation sites (N-methyl/N-ethyl adjacent to an activating group) is 1. The summed E-state index contributed by atoms with van der Waals surface area (Å²) >= 11 is 0. The Bertz CT molecular complexity index is 605. The lowest BCUT2D eigenvalue weighted by Gasteiger charge is -2.24. The van der Waals surface area contributed by atoms with Gasteiger partial charge >= 0.3 is 0 Å². The highest BCUT2D eigenvalue weighted by atomic mass is 16.2. The normalized spacial score (nSPS) is 28.9. The zero-order valence-corrected chi connectivity index (χ0v) is 12.8. The van der Waals surface area contributed by atoms with Crippen LogP contribution in [0.15, 0.2) is 47.5 Å². The first-order chi connectivity index (χ1) is 10.1. The molecule has 0 aromatic heterocycles.